The van der Waals surface area contributed by atoms with E-state index in [1.54, 1.807) is 7.11 Å². The molecule has 2 bridgehead atoms. The highest BCUT2D eigenvalue weighted by Crippen LogP contribution is 2.28. The number of nitrogens with zero attached hydrogens (tertiary/aromatic N) is 1. The van der Waals surface area contributed by atoms with Crippen molar-refractivity contribution in [3.05, 3.63) is 0 Å². The summed E-state index contributed by atoms with van der Waals surface area (Å²) >= 11 is 0. The average molecular weight is 186 g/mol. The van der Waals surface area contributed by atoms with Gasteiger partial charge in [-0.3, -0.25) is 4.90 Å². The van der Waals surface area contributed by atoms with Crippen LogP contribution >= 0.6 is 0 Å². The van der Waals surface area contributed by atoms with Crippen LogP contribution in [0.2, 0.25) is 0 Å². The lowest BCUT2D eigenvalue weighted by Gasteiger charge is -2.33. The molecule has 5 heteroatoms. The Kier molecular flexibility index (Phi) is 2.13. The third kappa shape index (κ3) is 1.28. The molecule has 0 aromatic carbocycles. The second-order valence-corrected chi connectivity index (χ2v) is 3.58. The molecule has 2 aliphatic rings. The quantitative estimate of drug-likeness (QED) is 0.591. The van der Waals surface area contributed by atoms with E-state index in [0.717, 1.165) is 13.0 Å². The van der Waals surface area contributed by atoms with E-state index >= 15 is 0 Å². The summed E-state index contributed by atoms with van der Waals surface area (Å²) in [6.07, 6.45) is 0.0626. The average Bonchev–Trinajstić information content (AvgIpc) is 2.33. The molecular weight excluding hydrogens is 172 g/mol. The molecule has 0 saturated carbocycles. The number of hydrogen-bond donors (Lipinski definition) is 2. The van der Waals surface area contributed by atoms with E-state index in [0.29, 0.717) is 6.54 Å². The molecule has 74 valence electrons. The Morgan fingerprint density at radius 2 is 2.38 bits per heavy atom. The molecule has 13 heavy (non-hydrogen) atoms. The predicted octanol–water partition coefficient (Wildman–Crippen LogP) is -0.274. The number of hydrogen-bond acceptors (Lipinski definition) is 3. The van der Waals surface area contributed by atoms with Gasteiger partial charge in [-0.1, -0.05) is 0 Å². The molecule has 2 fully saturated rings. The highest BCUT2D eigenvalue weighted by atomic mass is 16.5. The number of fused-ring (bicyclic) bond motifs is 2. The van der Waals surface area contributed by atoms with Gasteiger partial charge in [0.1, 0.15) is 0 Å². The third-order valence-electron chi connectivity index (χ3n) is 2.94. The molecule has 0 aliphatic carbocycles. The van der Waals surface area contributed by atoms with E-state index in [1.165, 1.54) is 4.90 Å². The monoisotopic (exact) mass is 186 g/mol. The zero-order chi connectivity index (χ0) is 9.42. The fourth-order valence-corrected chi connectivity index (χ4v) is 2.35. The maximum atomic E-state index is 10.9. The normalized spacial score (nSPS) is 37.9. The Balaban J connectivity index is 2.17. The first-order valence-electron chi connectivity index (χ1n) is 4.49. The summed E-state index contributed by atoms with van der Waals surface area (Å²) < 4.78 is 5.26. The van der Waals surface area contributed by atoms with Crippen molar-refractivity contribution in [3.63, 3.8) is 0 Å². The van der Waals surface area contributed by atoms with Crippen LogP contribution in [0, 0.1) is 0 Å². The minimum Gasteiger partial charge on any atom is -0.465 e. The molecule has 0 unspecified atom stereocenters. The van der Waals surface area contributed by atoms with Crippen molar-refractivity contribution in [3.8, 4) is 0 Å². The molecule has 0 aromatic rings. The van der Waals surface area contributed by atoms with E-state index in [9.17, 15) is 4.79 Å². The lowest BCUT2D eigenvalue weighted by Crippen LogP contribution is -2.55. The van der Waals surface area contributed by atoms with Crippen molar-refractivity contribution in [1.82, 2.24) is 10.2 Å². The van der Waals surface area contributed by atoms with Crippen molar-refractivity contribution in [1.29, 1.82) is 0 Å². The maximum Gasteiger partial charge on any atom is 0.407 e. The molecule has 0 radical (unpaired) electrons. The van der Waals surface area contributed by atoms with Gasteiger partial charge in [-0.05, 0) is 6.42 Å². The zero-order valence-corrected chi connectivity index (χ0v) is 7.56. The molecule has 0 aromatic heterocycles. The van der Waals surface area contributed by atoms with Crippen LogP contribution in [0.4, 0.5) is 4.79 Å². The first kappa shape index (κ1) is 8.77. The smallest absolute Gasteiger partial charge is 0.407 e. The molecular formula is C8H14N2O3. The number of nitrogens with one attached hydrogen (secondary N) is 1. The van der Waals surface area contributed by atoms with E-state index < -0.39 is 6.09 Å². The van der Waals surface area contributed by atoms with Crippen LogP contribution in [0.15, 0.2) is 0 Å². The Morgan fingerprint density at radius 1 is 1.62 bits per heavy atom. The number of ether oxygens (including phenoxy) is 1. The topological polar surface area (TPSA) is 61.8 Å². The van der Waals surface area contributed by atoms with E-state index in [1.807, 2.05) is 0 Å². The molecule has 2 rings (SSSR count). The van der Waals surface area contributed by atoms with Crippen LogP contribution in [-0.4, -0.2) is 54.5 Å². The van der Waals surface area contributed by atoms with Crippen molar-refractivity contribution >= 4 is 6.09 Å². The third-order valence-corrected chi connectivity index (χ3v) is 2.94. The van der Waals surface area contributed by atoms with Gasteiger partial charge in [0, 0.05) is 20.2 Å². The molecule has 2 N–H and O–H groups in total. The van der Waals surface area contributed by atoms with E-state index in [4.69, 9.17) is 9.84 Å². The molecule has 1 amide bonds. The van der Waals surface area contributed by atoms with Crippen molar-refractivity contribution in [2.24, 2.45) is 0 Å². The van der Waals surface area contributed by atoms with Crippen LogP contribution in [-0.2, 0) is 4.74 Å². The van der Waals surface area contributed by atoms with Gasteiger partial charge in [0.2, 0.25) is 0 Å². The summed E-state index contributed by atoms with van der Waals surface area (Å²) in [5.74, 6) is 0. The molecule has 5 nitrogen and oxygen atoms in total. The SMILES string of the molecule is CO[C@@H]1C[C@H]2CNC[C@@H]1N2C(=O)O. The Labute approximate surface area is 76.7 Å². The second kappa shape index (κ2) is 3.16. The highest BCUT2D eigenvalue weighted by molar-refractivity contribution is 5.67. The standard InChI is InChI=1S/C8H14N2O3/c1-13-7-2-5-3-9-4-6(7)10(5)8(11)12/h5-7,9H,2-4H2,1H3,(H,11,12)/t5-,6-,7+/m0/s1. The summed E-state index contributed by atoms with van der Waals surface area (Å²) in [5.41, 5.74) is 0. The van der Waals surface area contributed by atoms with Crippen LogP contribution in [0.25, 0.3) is 0 Å². The van der Waals surface area contributed by atoms with Gasteiger partial charge < -0.3 is 15.2 Å². The van der Waals surface area contributed by atoms with Crippen molar-refractivity contribution < 1.29 is 14.6 Å². The Morgan fingerprint density at radius 3 is 2.92 bits per heavy atom. The van der Waals surface area contributed by atoms with Crippen LogP contribution in [0.1, 0.15) is 6.42 Å². The summed E-state index contributed by atoms with van der Waals surface area (Å²) in [5, 5.41) is 12.2. The number of carboxylic acid groups (broad SMARTS) is 1. The van der Waals surface area contributed by atoms with Crippen molar-refractivity contribution in [2.45, 2.75) is 24.6 Å². The molecule has 3 atom stereocenters. The molecule has 2 aliphatic heterocycles. The van der Waals surface area contributed by atoms with Gasteiger partial charge in [-0.25, -0.2) is 4.79 Å². The maximum absolute atomic E-state index is 10.9. The van der Waals surface area contributed by atoms with Gasteiger partial charge in [0.25, 0.3) is 0 Å². The van der Waals surface area contributed by atoms with Gasteiger partial charge >= 0.3 is 6.09 Å². The van der Waals surface area contributed by atoms with Crippen LogP contribution in [0.5, 0.6) is 0 Å². The van der Waals surface area contributed by atoms with E-state index in [-0.39, 0.29) is 18.2 Å². The largest absolute Gasteiger partial charge is 0.465 e. The molecule has 2 heterocycles. The van der Waals surface area contributed by atoms with Crippen molar-refractivity contribution in [2.75, 3.05) is 20.2 Å². The molecule has 2 saturated heterocycles. The summed E-state index contributed by atoms with van der Waals surface area (Å²) in [7, 11) is 1.64. The highest BCUT2D eigenvalue weighted by Gasteiger charge is 2.46. The van der Waals surface area contributed by atoms with Crippen LogP contribution in [0.3, 0.4) is 0 Å². The number of carbonyl (C=O) groups is 1. The number of methoxy groups -OCH3 is 1. The molecule has 0 spiro atoms. The number of rotatable bonds is 1. The van der Waals surface area contributed by atoms with Gasteiger partial charge in [0.05, 0.1) is 18.2 Å². The number of amides is 1. The van der Waals surface area contributed by atoms with Gasteiger partial charge in [-0.2, -0.15) is 0 Å². The summed E-state index contributed by atoms with van der Waals surface area (Å²) in [6, 6.07) is 0.0995. The first-order chi connectivity index (χ1) is 6.24. The second-order valence-electron chi connectivity index (χ2n) is 3.58. The fraction of sp³-hybridized carbons (Fsp3) is 0.875. The fourth-order valence-electron chi connectivity index (χ4n) is 2.35. The summed E-state index contributed by atoms with van der Waals surface area (Å²) in [6.45, 7) is 1.46. The van der Waals surface area contributed by atoms with Gasteiger partial charge in [-0.15, -0.1) is 0 Å². The lowest BCUT2D eigenvalue weighted by molar-refractivity contribution is 0.0554. The summed E-state index contributed by atoms with van der Waals surface area (Å²) in [4.78, 5) is 12.5. The lowest BCUT2D eigenvalue weighted by atomic mass is 10.2. The minimum atomic E-state index is -0.823. The number of piperazine rings is 1. The first-order valence-corrected chi connectivity index (χ1v) is 4.49. The zero-order valence-electron chi connectivity index (χ0n) is 7.56. The van der Waals surface area contributed by atoms with Crippen LogP contribution < -0.4 is 5.32 Å². The van der Waals surface area contributed by atoms with E-state index in [2.05, 4.69) is 5.32 Å². The minimum absolute atomic E-state index is 0.00116. The Bertz CT molecular complexity index is 221. The predicted molar refractivity (Wildman–Crippen MR) is 45.7 cm³/mol. The Hall–Kier alpha value is -0.810. The van der Waals surface area contributed by atoms with Gasteiger partial charge in [0.15, 0.2) is 0 Å².